The average Bonchev–Trinajstić information content (AvgIpc) is 3.57. The van der Waals surface area contributed by atoms with Gasteiger partial charge in [-0.2, -0.15) is 0 Å². The van der Waals surface area contributed by atoms with Gasteiger partial charge >= 0.3 is 0 Å². The van der Waals surface area contributed by atoms with E-state index in [4.69, 9.17) is 4.42 Å². The largest absolute Gasteiger partial charge is 0.503 e. The van der Waals surface area contributed by atoms with Gasteiger partial charge in [-0.25, -0.2) is 4.98 Å². The number of anilines is 1. The third-order valence-electron chi connectivity index (χ3n) is 5.67. The van der Waals surface area contributed by atoms with Gasteiger partial charge in [-0.15, -0.1) is 0 Å². The minimum atomic E-state index is -1.04. The molecule has 4 aromatic rings. The van der Waals surface area contributed by atoms with Crippen LogP contribution in [0.1, 0.15) is 34.6 Å². The van der Waals surface area contributed by atoms with E-state index >= 15 is 0 Å². The predicted octanol–water partition coefficient (Wildman–Crippen LogP) is 5.14. The molecular weight excluding hydrogens is 458 g/mol. The number of carbonyl (C=O) groups excluding carboxylic acids is 2. The highest BCUT2D eigenvalue weighted by atomic mass is 32.1. The monoisotopic (exact) mass is 475 g/mol. The molecule has 34 heavy (non-hydrogen) atoms. The van der Waals surface area contributed by atoms with E-state index in [-0.39, 0.29) is 17.0 Å². The van der Waals surface area contributed by atoms with E-state index in [2.05, 4.69) is 4.98 Å². The number of aliphatic hydroxyl groups is 1. The number of ketones is 1. The maximum absolute atomic E-state index is 13.2. The topological polar surface area (TPSA) is 127 Å². The first kappa shape index (κ1) is 21.5. The smallest absolute Gasteiger partial charge is 0.296 e. The lowest BCUT2D eigenvalue weighted by molar-refractivity contribution is -0.384. The zero-order valence-electron chi connectivity index (χ0n) is 17.8. The Bertz CT molecular complexity index is 1470. The van der Waals surface area contributed by atoms with Crippen molar-refractivity contribution in [2.24, 2.45) is 0 Å². The van der Waals surface area contributed by atoms with Crippen LogP contribution in [0.5, 0.6) is 0 Å². The number of carbonyl (C=O) groups is 2. The zero-order valence-corrected chi connectivity index (χ0v) is 18.6. The molecule has 2 aromatic carbocycles. The van der Waals surface area contributed by atoms with E-state index in [0.29, 0.717) is 16.2 Å². The van der Waals surface area contributed by atoms with E-state index in [1.54, 1.807) is 0 Å². The Hall–Kier alpha value is -4.31. The van der Waals surface area contributed by atoms with Gasteiger partial charge in [-0.1, -0.05) is 24.3 Å². The summed E-state index contributed by atoms with van der Waals surface area (Å²) < 4.78 is 6.07. The number of amides is 1. The van der Waals surface area contributed by atoms with E-state index in [0.717, 1.165) is 16.7 Å². The molecule has 5 rings (SSSR count). The van der Waals surface area contributed by atoms with Crippen molar-refractivity contribution in [1.82, 2.24) is 4.98 Å². The summed E-state index contributed by atoms with van der Waals surface area (Å²) in [5.41, 5.74) is 1.88. The molecule has 1 aliphatic heterocycles. The Morgan fingerprint density at radius 3 is 2.65 bits per heavy atom. The summed E-state index contributed by atoms with van der Waals surface area (Å²) in [6.07, 6.45) is 2.15. The molecule has 0 saturated carbocycles. The lowest BCUT2D eigenvalue weighted by Crippen LogP contribution is -2.30. The first-order chi connectivity index (χ1) is 16.4. The molecule has 0 fully saturated rings. The molecule has 0 saturated heterocycles. The highest BCUT2D eigenvalue weighted by Gasteiger charge is 2.46. The van der Waals surface area contributed by atoms with Crippen molar-refractivity contribution in [2.45, 2.75) is 19.4 Å². The van der Waals surface area contributed by atoms with Crippen molar-refractivity contribution in [2.75, 3.05) is 4.90 Å². The van der Waals surface area contributed by atoms with Crippen molar-refractivity contribution in [3.63, 3.8) is 0 Å². The van der Waals surface area contributed by atoms with E-state index in [9.17, 15) is 24.8 Å². The standard InChI is InChI=1S/C24H17N3O6S/c1-2-13-5-10-16-18(12-13)34-24(25-16)26-20(14-6-8-15(9-7-14)27(31)32)19(22(29)23(26)30)21(28)17-4-3-11-33-17/h3-12,20,29H,2H2,1H3/t20-/m0/s1. The molecule has 10 heteroatoms. The first-order valence-corrected chi connectivity index (χ1v) is 11.2. The molecule has 9 nitrogen and oxygen atoms in total. The number of hydrogen-bond donors (Lipinski definition) is 1. The van der Waals surface area contributed by atoms with Crippen LogP contribution in [0, 0.1) is 10.1 Å². The summed E-state index contributed by atoms with van der Waals surface area (Å²) in [7, 11) is 0. The van der Waals surface area contributed by atoms with Gasteiger partial charge in [0.15, 0.2) is 16.7 Å². The SMILES string of the molecule is CCc1ccc2nc(N3C(=O)C(O)=C(C(=O)c4ccco4)[C@@H]3c3ccc([N+](=O)[O-])cc3)sc2c1. The van der Waals surface area contributed by atoms with Crippen molar-refractivity contribution in [3.8, 4) is 0 Å². The summed E-state index contributed by atoms with van der Waals surface area (Å²) in [5, 5.41) is 22.2. The quantitative estimate of drug-likeness (QED) is 0.232. The van der Waals surface area contributed by atoms with Crippen molar-refractivity contribution < 1.29 is 24.0 Å². The van der Waals surface area contributed by atoms with Crippen LogP contribution in [-0.4, -0.2) is 26.7 Å². The number of nitrogens with zero attached hydrogens (tertiary/aromatic N) is 3. The van der Waals surface area contributed by atoms with Gasteiger partial charge in [-0.3, -0.25) is 24.6 Å². The molecule has 1 N–H and O–H groups in total. The fourth-order valence-electron chi connectivity index (χ4n) is 3.95. The Kier molecular flexibility index (Phi) is 5.21. The molecule has 3 heterocycles. The van der Waals surface area contributed by atoms with Crippen LogP contribution in [0.15, 0.2) is 76.6 Å². The van der Waals surface area contributed by atoms with Gasteiger partial charge in [0.1, 0.15) is 0 Å². The summed E-state index contributed by atoms with van der Waals surface area (Å²) >= 11 is 1.26. The van der Waals surface area contributed by atoms with Crippen LogP contribution < -0.4 is 4.90 Å². The van der Waals surface area contributed by atoms with E-state index in [1.165, 1.54) is 58.9 Å². The molecule has 0 radical (unpaired) electrons. The summed E-state index contributed by atoms with van der Waals surface area (Å²) in [5.74, 6) is -2.19. The molecule has 170 valence electrons. The van der Waals surface area contributed by atoms with E-state index in [1.807, 2.05) is 25.1 Å². The summed E-state index contributed by atoms with van der Waals surface area (Å²) in [6.45, 7) is 2.03. The average molecular weight is 475 g/mol. The van der Waals surface area contributed by atoms with Crippen molar-refractivity contribution in [3.05, 3.63) is 99.2 Å². The number of nitro benzene ring substituents is 1. The highest BCUT2D eigenvalue weighted by molar-refractivity contribution is 7.22. The second-order valence-corrected chi connectivity index (χ2v) is 8.66. The zero-order chi connectivity index (χ0) is 24.0. The van der Waals surface area contributed by atoms with Crippen LogP contribution in [0.2, 0.25) is 0 Å². The number of aliphatic hydroxyl groups excluding tert-OH is 1. The normalized spacial score (nSPS) is 16.0. The van der Waals surface area contributed by atoms with Crippen LogP contribution >= 0.6 is 11.3 Å². The number of Topliss-reactive ketones (excluding diaryl/α,β-unsaturated/α-hetero) is 1. The minimum absolute atomic E-state index is 0.0417. The van der Waals surface area contributed by atoms with Gasteiger partial charge in [0, 0.05) is 12.1 Å². The number of aromatic nitrogens is 1. The first-order valence-electron chi connectivity index (χ1n) is 10.4. The summed E-state index contributed by atoms with van der Waals surface area (Å²) in [4.78, 5) is 42.9. The number of furan rings is 1. The highest BCUT2D eigenvalue weighted by Crippen LogP contribution is 2.44. The van der Waals surface area contributed by atoms with E-state index < -0.39 is 28.4 Å². The van der Waals surface area contributed by atoms with Crippen molar-refractivity contribution in [1.29, 1.82) is 0 Å². The molecule has 0 unspecified atom stereocenters. The van der Waals surface area contributed by atoms with Gasteiger partial charge in [0.25, 0.3) is 11.6 Å². The number of nitro groups is 1. The van der Waals surface area contributed by atoms with Gasteiger partial charge < -0.3 is 9.52 Å². The molecular formula is C24H17N3O6S. The van der Waals surface area contributed by atoms with Crippen LogP contribution in [0.3, 0.4) is 0 Å². The number of fused-ring (bicyclic) bond motifs is 1. The van der Waals surface area contributed by atoms with Gasteiger partial charge in [0.2, 0.25) is 5.78 Å². The Morgan fingerprint density at radius 2 is 2.00 bits per heavy atom. The van der Waals surface area contributed by atoms with Gasteiger partial charge in [-0.05, 0) is 53.9 Å². The molecule has 2 aromatic heterocycles. The molecule has 1 atom stereocenters. The van der Waals surface area contributed by atoms with Crippen LogP contribution in [0.4, 0.5) is 10.8 Å². The molecule has 0 spiro atoms. The minimum Gasteiger partial charge on any atom is -0.503 e. The number of thiazole rings is 1. The maximum atomic E-state index is 13.2. The number of non-ortho nitro benzene ring substituents is 1. The Balaban J connectivity index is 1.66. The van der Waals surface area contributed by atoms with Gasteiger partial charge in [0.05, 0.1) is 33.0 Å². The third kappa shape index (κ3) is 3.44. The fraction of sp³-hybridized carbons (Fsp3) is 0.125. The molecule has 1 aliphatic rings. The second kappa shape index (κ2) is 8.23. The second-order valence-electron chi connectivity index (χ2n) is 7.65. The van der Waals surface area contributed by atoms with Crippen molar-refractivity contribution >= 4 is 44.1 Å². The lowest BCUT2D eigenvalue weighted by Gasteiger charge is -2.24. The van der Waals surface area contributed by atoms with Crippen LogP contribution in [0.25, 0.3) is 10.2 Å². The number of hydrogen-bond acceptors (Lipinski definition) is 8. The number of benzene rings is 2. The lowest BCUT2D eigenvalue weighted by atomic mass is 9.95. The molecule has 0 aliphatic carbocycles. The predicted molar refractivity (Wildman–Crippen MR) is 125 cm³/mol. The molecule has 1 amide bonds. The fourth-order valence-corrected chi connectivity index (χ4v) is 5.00. The summed E-state index contributed by atoms with van der Waals surface area (Å²) in [6, 6.07) is 13.2. The Labute approximate surface area is 196 Å². The maximum Gasteiger partial charge on any atom is 0.296 e. The Morgan fingerprint density at radius 1 is 1.24 bits per heavy atom. The number of rotatable bonds is 6. The number of aryl methyl sites for hydroxylation is 1. The van der Waals surface area contributed by atoms with Crippen LogP contribution in [-0.2, 0) is 11.2 Å². The molecule has 0 bridgehead atoms. The third-order valence-corrected chi connectivity index (χ3v) is 6.69.